The van der Waals surface area contributed by atoms with Crippen molar-refractivity contribution in [3.63, 3.8) is 0 Å². The molecule has 5 nitrogen and oxygen atoms in total. The van der Waals surface area contributed by atoms with Gasteiger partial charge in [0.1, 0.15) is 0 Å². The highest BCUT2D eigenvalue weighted by molar-refractivity contribution is 5.80. The van der Waals surface area contributed by atoms with Crippen LogP contribution in [0.2, 0.25) is 0 Å². The molecule has 0 radical (unpaired) electrons. The Hall–Kier alpha value is -1.88. The number of nitrogens with one attached hydrogen (secondary N) is 1. The Morgan fingerprint density at radius 1 is 1.03 bits per heavy atom. The highest BCUT2D eigenvalue weighted by Crippen LogP contribution is 2.33. The molecule has 2 saturated heterocycles. The van der Waals surface area contributed by atoms with Crippen molar-refractivity contribution in [3.8, 4) is 0 Å². The molecule has 30 heavy (non-hydrogen) atoms. The first-order valence-electron chi connectivity index (χ1n) is 11.6. The Morgan fingerprint density at radius 2 is 1.67 bits per heavy atom. The van der Waals surface area contributed by atoms with Crippen LogP contribution in [-0.2, 0) is 15.0 Å². The zero-order valence-corrected chi connectivity index (χ0v) is 19.4. The molecule has 2 amide bonds. The molecule has 1 aromatic rings. The van der Waals surface area contributed by atoms with Crippen LogP contribution in [0, 0.1) is 5.92 Å². The van der Waals surface area contributed by atoms with E-state index in [-0.39, 0.29) is 35.2 Å². The molecule has 2 fully saturated rings. The van der Waals surface area contributed by atoms with E-state index in [2.05, 4.69) is 60.2 Å². The van der Waals surface area contributed by atoms with Crippen LogP contribution in [0.15, 0.2) is 24.3 Å². The SMILES string of the molecule is CC(C)NC(=O)C1CCN(CC(=O)N2CCCC2c2ccc(C(C)(C)C)cc2)CC1. The molecule has 1 unspecified atom stereocenters. The van der Waals surface area contributed by atoms with E-state index in [1.165, 1.54) is 11.1 Å². The fraction of sp³-hybridized carbons (Fsp3) is 0.680. The van der Waals surface area contributed by atoms with Crippen molar-refractivity contribution in [2.45, 2.75) is 77.8 Å². The fourth-order valence-electron chi connectivity index (χ4n) is 4.65. The van der Waals surface area contributed by atoms with Gasteiger partial charge in [0.25, 0.3) is 0 Å². The Balaban J connectivity index is 1.55. The number of piperidine rings is 1. The fourth-order valence-corrected chi connectivity index (χ4v) is 4.65. The van der Waals surface area contributed by atoms with Gasteiger partial charge in [-0.2, -0.15) is 0 Å². The molecular formula is C25H39N3O2. The molecule has 166 valence electrons. The summed E-state index contributed by atoms with van der Waals surface area (Å²) in [5, 5.41) is 3.02. The Bertz CT molecular complexity index is 728. The van der Waals surface area contributed by atoms with Gasteiger partial charge in [0.15, 0.2) is 0 Å². The molecule has 0 spiro atoms. The second-order valence-electron chi connectivity index (χ2n) is 10.3. The summed E-state index contributed by atoms with van der Waals surface area (Å²) in [7, 11) is 0. The van der Waals surface area contributed by atoms with Gasteiger partial charge in [-0.1, -0.05) is 45.0 Å². The third kappa shape index (κ3) is 5.63. The number of likely N-dealkylation sites (tertiary alicyclic amines) is 2. The summed E-state index contributed by atoms with van der Waals surface area (Å²) in [6.45, 7) is 13.6. The van der Waals surface area contributed by atoms with Crippen molar-refractivity contribution in [1.82, 2.24) is 15.1 Å². The van der Waals surface area contributed by atoms with Crippen LogP contribution in [0.1, 0.15) is 77.5 Å². The maximum absolute atomic E-state index is 13.1. The predicted octanol–water partition coefficient (Wildman–Crippen LogP) is 3.88. The second-order valence-corrected chi connectivity index (χ2v) is 10.3. The molecule has 2 aliphatic rings. The molecule has 0 bridgehead atoms. The minimum absolute atomic E-state index is 0.0830. The van der Waals surface area contributed by atoms with E-state index in [0.29, 0.717) is 6.54 Å². The standard InChI is InChI=1S/C25H39N3O2/c1-18(2)26-24(30)20-12-15-27(16-13-20)17-23(29)28-14-6-7-22(28)19-8-10-21(11-9-19)25(3,4)5/h8-11,18,20,22H,6-7,12-17H2,1-5H3,(H,26,30). The molecular weight excluding hydrogens is 374 g/mol. The van der Waals surface area contributed by atoms with Crippen molar-refractivity contribution < 1.29 is 9.59 Å². The number of hydrogen-bond acceptors (Lipinski definition) is 3. The third-order valence-corrected chi connectivity index (χ3v) is 6.48. The normalized spacial score (nSPS) is 21.3. The Morgan fingerprint density at radius 3 is 2.23 bits per heavy atom. The quantitative estimate of drug-likeness (QED) is 0.797. The van der Waals surface area contributed by atoms with Crippen molar-refractivity contribution in [1.29, 1.82) is 0 Å². The van der Waals surface area contributed by atoms with E-state index in [0.717, 1.165) is 45.3 Å². The lowest BCUT2D eigenvalue weighted by Gasteiger charge is -2.33. The lowest BCUT2D eigenvalue weighted by Crippen LogP contribution is -2.46. The van der Waals surface area contributed by atoms with E-state index in [1.807, 2.05) is 13.8 Å². The Kier molecular flexibility index (Phi) is 7.22. The summed E-state index contributed by atoms with van der Waals surface area (Å²) in [6, 6.07) is 9.21. The van der Waals surface area contributed by atoms with E-state index in [9.17, 15) is 9.59 Å². The van der Waals surface area contributed by atoms with Crippen LogP contribution in [0.4, 0.5) is 0 Å². The van der Waals surface area contributed by atoms with E-state index in [4.69, 9.17) is 0 Å². The van der Waals surface area contributed by atoms with Gasteiger partial charge in [0, 0.05) is 18.5 Å². The number of rotatable bonds is 5. The van der Waals surface area contributed by atoms with E-state index >= 15 is 0 Å². The molecule has 2 aliphatic heterocycles. The van der Waals surface area contributed by atoms with Gasteiger partial charge in [0.05, 0.1) is 12.6 Å². The summed E-state index contributed by atoms with van der Waals surface area (Å²) in [6.07, 6.45) is 3.78. The first-order chi connectivity index (χ1) is 14.1. The minimum atomic E-state index is 0.0830. The van der Waals surface area contributed by atoms with Gasteiger partial charge in [-0.25, -0.2) is 0 Å². The topological polar surface area (TPSA) is 52.7 Å². The lowest BCUT2D eigenvalue weighted by atomic mass is 9.86. The largest absolute Gasteiger partial charge is 0.354 e. The molecule has 2 heterocycles. The molecule has 1 atom stereocenters. The summed E-state index contributed by atoms with van der Waals surface area (Å²) >= 11 is 0. The minimum Gasteiger partial charge on any atom is -0.354 e. The van der Waals surface area contributed by atoms with Crippen molar-refractivity contribution in [2.24, 2.45) is 5.92 Å². The molecule has 5 heteroatoms. The molecule has 1 aromatic carbocycles. The monoisotopic (exact) mass is 413 g/mol. The highest BCUT2D eigenvalue weighted by atomic mass is 16.2. The Labute approximate surface area is 182 Å². The third-order valence-electron chi connectivity index (χ3n) is 6.48. The zero-order valence-electron chi connectivity index (χ0n) is 19.4. The zero-order chi connectivity index (χ0) is 21.9. The molecule has 3 rings (SSSR count). The van der Waals surface area contributed by atoms with Crippen molar-refractivity contribution >= 4 is 11.8 Å². The average molecular weight is 414 g/mol. The van der Waals surface area contributed by atoms with E-state index < -0.39 is 0 Å². The summed E-state index contributed by atoms with van der Waals surface area (Å²) in [4.78, 5) is 29.6. The van der Waals surface area contributed by atoms with Gasteiger partial charge in [-0.05, 0) is 69.2 Å². The first-order valence-corrected chi connectivity index (χ1v) is 11.6. The van der Waals surface area contributed by atoms with Crippen LogP contribution < -0.4 is 5.32 Å². The van der Waals surface area contributed by atoms with Crippen LogP contribution in [-0.4, -0.2) is 53.8 Å². The van der Waals surface area contributed by atoms with Gasteiger partial charge in [0.2, 0.25) is 11.8 Å². The summed E-state index contributed by atoms with van der Waals surface area (Å²) in [5.74, 6) is 0.469. The van der Waals surface area contributed by atoms with Crippen molar-refractivity contribution in [3.05, 3.63) is 35.4 Å². The van der Waals surface area contributed by atoms with Crippen LogP contribution in [0.25, 0.3) is 0 Å². The van der Waals surface area contributed by atoms with Crippen LogP contribution in [0.5, 0.6) is 0 Å². The maximum Gasteiger partial charge on any atom is 0.237 e. The highest BCUT2D eigenvalue weighted by Gasteiger charge is 2.32. The van der Waals surface area contributed by atoms with Crippen molar-refractivity contribution in [2.75, 3.05) is 26.2 Å². The smallest absolute Gasteiger partial charge is 0.237 e. The first kappa shape index (κ1) is 22.8. The molecule has 0 saturated carbocycles. The molecule has 1 N–H and O–H groups in total. The second kappa shape index (κ2) is 9.51. The van der Waals surface area contributed by atoms with Gasteiger partial charge in [-0.3, -0.25) is 14.5 Å². The maximum atomic E-state index is 13.1. The number of benzene rings is 1. The summed E-state index contributed by atoms with van der Waals surface area (Å²) < 4.78 is 0. The lowest BCUT2D eigenvalue weighted by molar-refractivity contribution is -0.134. The molecule has 0 aliphatic carbocycles. The molecule has 0 aromatic heterocycles. The number of carbonyl (C=O) groups is 2. The van der Waals surface area contributed by atoms with Gasteiger partial charge in [-0.15, -0.1) is 0 Å². The van der Waals surface area contributed by atoms with E-state index in [1.54, 1.807) is 0 Å². The number of carbonyl (C=O) groups excluding carboxylic acids is 2. The average Bonchev–Trinajstić information content (AvgIpc) is 3.17. The number of nitrogens with zero attached hydrogens (tertiary/aromatic N) is 2. The summed E-state index contributed by atoms with van der Waals surface area (Å²) in [5.41, 5.74) is 2.71. The number of amides is 2. The van der Waals surface area contributed by atoms with Gasteiger partial charge >= 0.3 is 0 Å². The van der Waals surface area contributed by atoms with Crippen LogP contribution >= 0.6 is 0 Å². The van der Waals surface area contributed by atoms with Crippen LogP contribution in [0.3, 0.4) is 0 Å². The number of hydrogen-bond donors (Lipinski definition) is 1. The predicted molar refractivity (Wildman–Crippen MR) is 121 cm³/mol. The van der Waals surface area contributed by atoms with Gasteiger partial charge < -0.3 is 10.2 Å².